The number of fused-ring (bicyclic) bond motifs is 3. The Kier molecular flexibility index (Phi) is 5.84. The van der Waals surface area contributed by atoms with Gasteiger partial charge in [-0.25, -0.2) is 15.0 Å². The summed E-state index contributed by atoms with van der Waals surface area (Å²) in [5.74, 6) is 2.22. The second kappa shape index (κ2) is 9.85. The number of nitrogens with zero attached hydrogens (tertiary/aromatic N) is 6. The van der Waals surface area contributed by atoms with Gasteiger partial charge in [0.15, 0.2) is 5.82 Å². The summed E-state index contributed by atoms with van der Waals surface area (Å²) in [4.78, 5) is 39.4. The minimum Gasteiger partial charge on any atom is -0.386 e. The molecule has 41 heavy (non-hydrogen) atoms. The first-order valence-corrected chi connectivity index (χ1v) is 14.5. The van der Waals surface area contributed by atoms with Crippen molar-refractivity contribution in [2.24, 2.45) is 11.8 Å². The molecule has 9 heteroatoms. The smallest absolute Gasteiger partial charge is 0.253 e. The van der Waals surface area contributed by atoms with Crippen LogP contribution in [0.3, 0.4) is 0 Å². The molecule has 2 fully saturated rings. The topological polar surface area (TPSA) is 91.7 Å². The molecule has 1 aromatic carbocycles. The molecule has 6 heterocycles. The Hall–Kier alpha value is -4.50. The van der Waals surface area contributed by atoms with Gasteiger partial charge in [0.25, 0.3) is 5.91 Å². The second-order valence-electron chi connectivity index (χ2n) is 11.4. The molecule has 3 aliphatic rings. The van der Waals surface area contributed by atoms with Gasteiger partial charge >= 0.3 is 0 Å². The molecule has 4 aromatic heterocycles. The molecular weight excluding hydrogens is 514 g/mol. The SMILES string of the molecule is O=C(c1cccc(-c2cn3ccccc3n2)c1)N1CC2CN(Oc3cccc(-c4nc5c([nH]4)CCCC5)n3)CC2C1. The summed E-state index contributed by atoms with van der Waals surface area (Å²) in [5.41, 5.74) is 6.62. The Bertz CT molecular complexity index is 1690. The van der Waals surface area contributed by atoms with E-state index in [9.17, 15) is 4.79 Å². The molecule has 0 bridgehead atoms. The maximum Gasteiger partial charge on any atom is 0.253 e. The fourth-order valence-corrected chi connectivity index (χ4v) is 6.56. The van der Waals surface area contributed by atoms with Crippen LogP contribution in [0.4, 0.5) is 0 Å². The molecule has 2 unspecified atom stereocenters. The molecule has 0 spiro atoms. The molecule has 9 nitrogen and oxygen atoms in total. The number of hydrogen-bond acceptors (Lipinski definition) is 6. The van der Waals surface area contributed by atoms with Crippen molar-refractivity contribution < 1.29 is 9.63 Å². The van der Waals surface area contributed by atoms with Gasteiger partial charge < -0.3 is 19.1 Å². The minimum absolute atomic E-state index is 0.0768. The zero-order valence-corrected chi connectivity index (χ0v) is 22.7. The van der Waals surface area contributed by atoms with Crippen LogP contribution in [0.2, 0.25) is 0 Å². The quantitative estimate of drug-likeness (QED) is 0.345. The Labute approximate surface area is 237 Å². The molecule has 5 aromatic rings. The molecule has 206 valence electrons. The van der Waals surface area contributed by atoms with E-state index in [1.165, 1.54) is 24.2 Å². The Morgan fingerprint density at radius 1 is 0.854 bits per heavy atom. The van der Waals surface area contributed by atoms with Crippen LogP contribution >= 0.6 is 0 Å². The molecule has 0 saturated carbocycles. The van der Waals surface area contributed by atoms with Crippen molar-refractivity contribution in [2.45, 2.75) is 25.7 Å². The summed E-state index contributed by atoms with van der Waals surface area (Å²) in [6, 6.07) is 19.6. The molecule has 2 atom stereocenters. The number of H-pyrrole nitrogens is 1. The van der Waals surface area contributed by atoms with Crippen molar-refractivity contribution in [3.63, 3.8) is 0 Å². The number of hydroxylamine groups is 2. The van der Waals surface area contributed by atoms with Crippen LogP contribution in [-0.4, -0.2) is 66.4 Å². The first-order chi connectivity index (χ1) is 20.2. The maximum atomic E-state index is 13.5. The van der Waals surface area contributed by atoms with Crippen LogP contribution in [0.5, 0.6) is 5.88 Å². The van der Waals surface area contributed by atoms with Crippen LogP contribution in [0.1, 0.15) is 34.6 Å². The average molecular weight is 546 g/mol. The number of hydrogen-bond donors (Lipinski definition) is 1. The van der Waals surface area contributed by atoms with E-state index in [0.29, 0.717) is 23.3 Å². The molecule has 8 rings (SSSR count). The first-order valence-electron chi connectivity index (χ1n) is 14.5. The highest BCUT2D eigenvalue weighted by Gasteiger charge is 2.43. The van der Waals surface area contributed by atoms with Crippen LogP contribution in [0.25, 0.3) is 28.4 Å². The number of pyridine rings is 2. The van der Waals surface area contributed by atoms with Crippen molar-refractivity contribution in [2.75, 3.05) is 26.2 Å². The summed E-state index contributed by atoms with van der Waals surface area (Å²) in [5, 5.41) is 2.00. The number of imidazole rings is 2. The van der Waals surface area contributed by atoms with Crippen molar-refractivity contribution in [1.29, 1.82) is 0 Å². The average Bonchev–Trinajstić information content (AvgIpc) is 3.79. The van der Waals surface area contributed by atoms with E-state index in [0.717, 1.165) is 67.4 Å². The molecule has 1 amide bonds. The van der Waals surface area contributed by atoms with Crippen LogP contribution in [0.15, 0.2) is 73.1 Å². The molecule has 0 radical (unpaired) electrons. The Balaban J connectivity index is 0.915. The summed E-state index contributed by atoms with van der Waals surface area (Å²) in [6.45, 7) is 3.01. The van der Waals surface area contributed by atoms with Crippen molar-refractivity contribution in [3.05, 3.63) is 90.0 Å². The third kappa shape index (κ3) is 4.56. The van der Waals surface area contributed by atoms with Gasteiger partial charge in [0.05, 0.1) is 11.4 Å². The Morgan fingerprint density at radius 3 is 2.56 bits per heavy atom. The van der Waals surface area contributed by atoms with Gasteiger partial charge in [-0.15, -0.1) is 5.06 Å². The lowest BCUT2D eigenvalue weighted by Crippen LogP contribution is -2.34. The number of aromatic nitrogens is 5. The van der Waals surface area contributed by atoms with Gasteiger partial charge in [-0.1, -0.05) is 24.3 Å². The largest absolute Gasteiger partial charge is 0.386 e. The standard InChI is InChI=1S/C32H31N7O2/c40-32(22-8-5-7-21(15-22)28-20-37-14-4-3-12-29(37)33-28)38-16-23-18-39(19-24(23)17-38)41-30-13-6-11-27(34-30)31-35-25-9-1-2-10-26(25)36-31/h3-8,11-15,20,23-24H,1-2,9-10,16-19H2,(H,35,36). The van der Waals surface area contributed by atoms with Crippen LogP contribution < -0.4 is 4.84 Å². The lowest BCUT2D eigenvalue weighted by Gasteiger charge is -2.21. The number of carbonyl (C=O) groups excluding carboxylic acids is 1. The predicted molar refractivity (Wildman–Crippen MR) is 154 cm³/mol. The highest BCUT2D eigenvalue weighted by Crippen LogP contribution is 2.33. The van der Waals surface area contributed by atoms with E-state index in [-0.39, 0.29) is 5.91 Å². The van der Waals surface area contributed by atoms with Gasteiger partial charge in [-0.2, -0.15) is 0 Å². The normalized spacial score (nSPS) is 20.3. The Morgan fingerprint density at radius 2 is 1.71 bits per heavy atom. The van der Waals surface area contributed by atoms with E-state index in [2.05, 4.69) is 4.98 Å². The summed E-state index contributed by atoms with van der Waals surface area (Å²) < 4.78 is 1.99. The second-order valence-corrected chi connectivity index (χ2v) is 11.4. The fraction of sp³-hybridized carbons (Fsp3) is 0.312. The predicted octanol–water partition coefficient (Wildman–Crippen LogP) is 4.66. The van der Waals surface area contributed by atoms with E-state index >= 15 is 0 Å². The van der Waals surface area contributed by atoms with E-state index < -0.39 is 0 Å². The van der Waals surface area contributed by atoms with Crippen LogP contribution in [-0.2, 0) is 12.8 Å². The third-order valence-electron chi connectivity index (χ3n) is 8.65. The number of aryl methyl sites for hydroxylation is 2. The molecular formula is C32H31N7O2. The number of benzene rings is 1. The van der Waals surface area contributed by atoms with Gasteiger partial charge in [-0.05, 0) is 67.9 Å². The number of nitrogens with one attached hydrogen (secondary N) is 1. The highest BCUT2D eigenvalue weighted by atomic mass is 16.7. The maximum absolute atomic E-state index is 13.5. The molecule has 2 aliphatic heterocycles. The zero-order valence-electron chi connectivity index (χ0n) is 22.7. The van der Waals surface area contributed by atoms with Crippen molar-refractivity contribution >= 4 is 11.6 Å². The van der Waals surface area contributed by atoms with E-state index in [1.54, 1.807) is 0 Å². The van der Waals surface area contributed by atoms with Gasteiger partial charge in [-0.3, -0.25) is 4.79 Å². The molecule has 2 saturated heterocycles. The number of rotatable bonds is 5. The molecule has 1 N–H and O–H groups in total. The van der Waals surface area contributed by atoms with Gasteiger partial charge in [0.1, 0.15) is 11.3 Å². The van der Waals surface area contributed by atoms with Crippen molar-refractivity contribution in [3.8, 4) is 28.7 Å². The zero-order chi connectivity index (χ0) is 27.3. The minimum atomic E-state index is 0.0768. The van der Waals surface area contributed by atoms with Gasteiger partial charge in [0.2, 0.25) is 5.88 Å². The highest BCUT2D eigenvalue weighted by molar-refractivity contribution is 5.95. The van der Waals surface area contributed by atoms with E-state index in [1.807, 2.05) is 87.4 Å². The monoisotopic (exact) mass is 545 g/mol. The summed E-state index contributed by atoms with van der Waals surface area (Å²) in [6.07, 6.45) is 8.48. The summed E-state index contributed by atoms with van der Waals surface area (Å²) in [7, 11) is 0. The number of likely N-dealkylation sites (tertiary alicyclic amines) is 1. The number of carbonyl (C=O) groups is 1. The molecule has 1 aliphatic carbocycles. The van der Waals surface area contributed by atoms with Crippen molar-refractivity contribution in [1.82, 2.24) is 34.3 Å². The van der Waals surface area contributed by atoms with Crippen LogP contribution in [0, 0.1) is 11.8 Å². The number of amides is 1. The lowest BCUT2D eigenvalue weighted by molar-refractivity contribution is -0.0481. The number of aromatic amines is 1. The fourth-order valence-electron chi connectivity index (χ4n) is 6.56. The first kappa shape index (κ1) is 24.3. The van der Waals surface area contributed by atoms with E-state index in [4.69, 9.17) is 19.8 Å². The third-order valence-corrected chi connectivity index (χ3v) is 8.65. The summed E-state index contributed by atoms with van der Waals surface area (Å²) >= 11 is 0. The lowest BCUT2D eigenvalue weighted by atomic mass is 10.0. The van der Waals surface area contributed by atoms with Gasteiger partial charge in [0, 0.05) is 61.5 Å².